The number of hydrogen-bond donors (Lipinski definition) is 2. The van der Waals surface area contributed by atoms with Gasteiger partial charge in [-0.25, -0.2) is 4.79 Å². The molecule has 0 aliphatic carbocycles. The number of carbonyl (C=O) groups excluding carboxylic acids is 2. The lowest BCUT2D eigenvalue weighted by Gasteiger charge is -2.05. The summed E-state index contributed by atoms with van der Waals surface area (Å²) in [7, 11) is 1.49. The van der Waals surface area contributed by atoms with Crippen LogP contribution in [0.1, 0.15) is 32.6 Å². The first kappa shape index (κ1) is 15.5. The normalized spacial score (nSPS) is 10.2. The molecule has 0 radical (unpaired) electrons. The number of likely N-dealkylation sites (N-methyl/N-ethyl adjacent to an activating group) is 1. The van der Waals surface area contributed by atoms with E-state index in [1.54, 1.807) is 0 Å². The molecule has 0 aliphatic heterocycles. The van der Waals surface area contributed by atoms with E-state index in [0.717, 1.165) is 25.7 Å². The van der Waals surface area contributed by atoms with Crippen molar-refractivity contribution in [2.24, 2.45) is 0 Å². The lowest BCUT2D eigenvalue weighted by molar-refractivity contribution is -0.123. The molecule has 0 aromatic rings. The lowest BCUT2D eigenvalue weighted by Crippen LogP contribution is -2.30. The molecule has 0 saturated carbocycles. The Labute approximate surface area is 103 Å². The molecule has 0 bridgehead atoms. The van der Waals surface area contributed by atoms with Crippen molar-refractivity contribution in [2.45, 2.75) is 32.6 Å². The quantitative estimate of drug-likeness (QED) is 0.502. The minimum Gasteiger partial charge on any atom is -0.439 e. The van der Waals surface area contributed by atoms with Crippen molar-refractivity contribution in [3.63, 3.8) is 0 Å². The highest BCUT2D eigenvalue weighted by atomic mass is 16.6. The molecule has 2 N–H and O–H groups in total. The van der Waals surface area contributed by atoms with Crippen molar-refractivity contribution in [2.75, 3.05) is 20.2 Å². The molecule has 0 spiro atoms. The minimum absolute atomic E-state index is 0.235. The third kappa shape index (κ3) is 10.8. The Morgan fingerprint density at radius 2 is 2.00 bits per heavy atom. The number of carbonyl (C=O) groups is 2. The maximum absolute atomic E-state index is 11.1. The zero-order valence-corrected chi connectivity index (χ0v) is 10.6. The van der Waals surface area contributed by atoms with Crippen molar-refractivity contribution >= 4 is 12.0 Å². The fourth-order valence-corrected chi connectivity index (χ4v) is 1.12. The Hall–Kier alpha value is -1.52. The molecule has 0 atom stereocenters. The van der Waals surface area contributed by atoms with Crippen LogP contribution in [0, 0.1) is 0 Å². The van der Waals surface area contributed by atoms with Crippen molar-refractivity contribution in [1.29, 1.82) is 0 Å². The average Bonchev–Trinajstić information content (AvgIpc) is 2.34. The van der Waals surface area contributed by atoms with E-state index in [1.165, 1.54) is 7.05 Å². The Morgan fingerprint density at radius 3 is 2.65 bits per heavy atom. The molecule has 5 heteroatoms. The summed E-state index contributed by atoms with van der Waals surface area (Å²) < 4.78 is 4.66. The number of amides is 2. The van der Waals surface area contributed by atoms with Gasteiger partial charge in [-0.3, -0.25) is 4.79 Å². The van der Waals surface area contributed by atoms with Crippen LogP contribution in [0.3, 0.4) is 0 Å². The monoisotopic (exact) mass is 242 g/mol. The molecule has 0 fully saturated rings. The highest BCUT2D eigenvalue weighted by Gasteiger charge is 2.03. The summed E-state index contributed by atoms with van der Waals surface area (Å²) >= 11 is 0. The summed E-state index contributed by atoms with van der Waals surface area (Å²) in [6.45, 7) is 2.44. The summed E-state index contributed by atoms with van der Waals surface area (Å²) in [4.78, 5) is 21.8. The molecule has 0 unspecified atom stereocenters. The fraction of sp³-hybridized carbons (Fsp3) is 0.667. The standard InChI is InChI=1S/C12H22N2O3/c1-3-4-5-6-7-8-9-14-12(16)17-10-11(15)13-2/h4-5H,3,6-10H2,1-2H3,(H,13,15)(H,14,16). The molecule has 2 amide bonds. The SMILES string of the molecule is CCC=CCCCCNC(=O)OCC(=O)NC. The molecular formula is C12H22N2O3. The van der Waals surface area contributed by atoms with E-state index in [2.05, 4.69) is 34.4 Å². The number of nitrogens with one attached hydrogen (secondary N) is 2. The Kier molecular flexibility index (Phi) is 10.00. The Bertz CT molecular complexity index is 252. The number of hydrogen-bond acceptors (Lipinski definition) is 3. The topological polar surface area (TPSA) is 67.4 Å². The van der Waals surface area contributed by atoms with Gasteiger partial charge in [0.1, 0.15) is 0 Å². The summed E-state index contributed by atoms with van der Waals surface area (Å²) in [6, 6.07) is 0. The predicted octanol–water partition coefficient (Wildman–Crippen LogP) is 1.60. The molecule has 0 aromatic heterocycles. The molecule has 0 heterocycles. The van der Waals surface area contributed by atoms with E-state index < -0.39 is 6.09 Å². The third-order valence-corrected chi connectivity index (χ3v) is 2.08. The van der Waals surface area contributed by atoms with Gasteiger partial charge in [-0.2, -0.15) is 0 Å². The number of alkyl carbamates (subject to hydrolysis) is 1. The van der Waals surface area contributed by atoms with Crippen LogP contribution in [0.4, 0.5) is 4.79 Å². The fourth-order valence-electron chi connectivity index (χ4n) is 1.12. The molecule has 0 aromatic carbocycles. The first-order valence-electron chi connectivity index (χ1n) is 5.97. The summed E-state index contributed by atoms with van der Waals surface area (Å²) in [6.07, 6.45) is 7.76. The largest absolute Gasteiger partial charge is 0.439 e. The molecule has 0 aliphatic rings. The predicted molar refractivity (Wildman–Crippen MR) is 66.7 cm³/mol. The first-order chi connectivity index (χ1) is 8.20. The maximum Gasteiger partial charge on any atom is 0.407 e. The second kappa shape index (κ2) is 11.0. The van der Waals surface area contributed by atoms with E-state index in [4.69, 9.17) is 0 Å². The van der Waals surface area contributed by atoms with Crippen LogP contribution in [0.15, 0.2) is 12.2 Å². The summed E-state index contributed by atoms with van der Waals surface area (Å²) in [5.74, 6) is -0.315. The first-order valence-corrected chi connectivity index (χ1v) is 5.97. The van der Waals surface area contributed by atoms with E-state index in [-0.39, 0.29) is 12.5 Å². The Morgan fingerprint density at radius 1 is 1.24 bits per heavy atom. The van der Waals surface area contributed by atoms with Crippen LogP contribution in [0.5, 0.6) is 0 Å². The van der Waals surface area contributed by atoms with Crippen molar-refractivity contribution in [3.8, 4) is 0 Å². The molecule has 0 saturated heterocycles. The Balaban J connectivity index is 3.33. The van der Waals surface area contributed by atoms with E-state index in [1.807, 2.05) is 0 Å². The van der Waals surface area contributed by atoms with Gasteiger partial charge in [-0.1, -0.05) is 19.1 Å². The number of ether oxygens (including phenoxy) is 1. The summed E-state index contributed by atoms with van der Waals surface area (Å²) in [5.41, 5.74) is 0. The van der Waals surface area contributed by atoms with Gasteiger partial charge in [0.15, 0.2) is 6.61 Å². The molecule has 17 heavy (non-hydrogen) atoms. The van der Waals surface area contributed by atoms with Gasteiger partial charge in [0, 0.05) is 13.6 Å². The minimum atomic E-state index is -0.544. The number of rotatable bonds is 8. The van der Waals surface area contributed by atoms with Crippen LogP contribution < -0.4 is 10.6 Å². The zero-order valence-electron chi connectivity index (χ0n) is 10.6. The van der Waals surface area contributed by atoms with Gasteiger partial charge in [-0.05, 0) is 25.7 Å². The van der Waals surface area contributed by atoms with Crippen molar-refractivity contribution < 1.29 is 14.3 Å². The highest BCUT2D eigenvalue weighted by molar-refractivity contribution is 5.79. The summed E-state index contributed by atoms with van der Waals surface area (Å²) in [5, 5.41) is 4.95. The van der Waals surface area contributed by atoms with Gasteiger partial charge in [-0.15, -0.1) is 0 Å². The van der Waals surface area contributed by atoms with Gasteiger partial charge in [0.25, 0.3) is 5.91 Å². The van der Waals surface area contributed by atoms with Crippen LogP contribution in [-0.2, 0) is 9.53 Å². The smallest absolute Gasteiger partial charge is 0.407 e. The highest BCUT2D eigenvalue weighted by Crippen LogP contribution is 1.96. The van der Waals surface area contributed by atoms with Gasteiger partial charge in [0.05, 0.1) is 0 Å². The van der Waals surface area contributed by atoms with Gasteiger partial charge >= 0.3 is 6.09 Å². The number of unbranched alkanes of at least 4 members (excludes halogenated alkanes) is 2. The molecule has 5 nitrogen and oxygen atoms in total. The molecular weight excluding hydrogens is 220 g/mol. The van der Waals surface area contributed by atoms with Crippen LogP contribution in [0.2, 0.25) is 0 Å². The van der Waals surface area contributed by atoms with E-state index in [0.29, 0.717) is 6.54 Å². The second-order valence-corrected chi connectivity index (χ2v) is 3.55. The molecule has 0 rings (SSSR count). The van der Waals surface area contributed by atoms with Crippen LogP contribution >= 0.6 is 0 Å². The van der Waals surface area contributed by atoms with Crippen molar-refractivity contribution in [3.05, 3.63) is 12.2 Å². The second-order valence-electron chi connectivity index (χ2n) is 3.55. The number of allylic oxidation sites excluding steroid dienone is 2. The average molecular weight is 242 g/mol. The molecule has 98 valence electrons. The maximum atomic E-state index is 11.1. The van der Waals surface area contributed by atoms with E-state index in [9.17, 15) is 9.59 Å². The van der Waals surface area contributed by atoms with Gasteiger partial charge in [0.2, 0.25) is 0 Å². The van der Waals surface area contributed by atoms with E-state index >= 15 is 0 Å². The van der Waals surface area contributed by atoms with Crippen LogP contribution in [0.25, 0.3) is 0 Å². The van der Waals surface area contributed by atoms with Gasteiger partial charge < -0.3 is 15.4 Å². The van der Waals surface area contributed by atoms with Crippen LogP contribution in [-0.4, -0.2) is 32.2 Å². The zero-order chi connectivity index (χ0) is 12.9. The third-order valence-electron chi connectivity index (χ3n) is 2.08. The van der Waals surface area contributed by atoms with Crippen molar-refractivity contribution in [1.82, 2.24) is 10.6 Å². The lowest BCUT2D eigenvalue weighted by atomic mass is 10.2.